The van der Waals surface area contributed by atoms with Crippen LogP contribution < -0.4 is 5.32 Å². The quantitative estimate of drug-likeness (QED) is 0.847. The van der Waals surface area contributed by atoms with E-state index >= 15 is 0 Å². The van der Waals surface area contributed by atoms with Gasteiger partial charge in [-0.25, -0.2) is 0 Å². The average Bonchev–Trinajstić information content (AvgIpc) is 3.06. The topological polar surface area (TPSA) is 12.0 Å². The Kier molecular flexibility index (Phi) is 3.34. The van der Waals surface area contributed by atoms with Gasteiger partial charge in [0.1, 0.15) is 0 Å². The zero-order valence-corrected chi connectivity index (χ0v) is 12.6. The summed E-state index contributed by atoms with van der Waals surface area (Å²) in [5.74, 6) is 4.01. The van der Waals surface area contributed by atoms with E-state index in [9.17, 15) is 0 Å². The Labute approximate surface area is 123 Å². The Bertz CT molecular complexity index is 480. The molecule has 1 aromatic rings. The van der Waals surface area contributed by atoms with E-state index in [-0.39, 0.29) is 0 Å². The zero-order valence-electron chi connectivity index (χ0n) is 12.6. The summed E-state index contributed by atoms with van der Waals surface area (Å²) in [5.41, 5.74) is 3.22. The van der Waals surface area contributed by atoms with Gasteiger partial charge in [-0.05, 0) is 80.4 Å². The summed E-state index contributed by atoms with van der Waals surface area (Å²) in [6.07, 6.45) is 10.2. The molecule has 5 atom stereocenters. The van der Waals surface area contributed by atoms with Crippen molar-refractivity contribution in [1.82, 2.24) is 5.32 Å². The van der Waals surface area contributed by atoms with Crippen molar-refractivity contribution in [1.29, 1.82) is 0 Å². The molecule has 5 unspecified atom stereocenters. The third kappa shape index (κ3) is 2.20. The Balaban J connectivity index is 1.36. The summed E-state index contributed by atoms with van der Waals surface area (Å²) in [7, 11) is 2.17. The summed E-state index contributed by atoms with van der Waals surface area (Å²) in [6.45, 7) is 0. The van der Waals surface area contributed by atoms with Crippen LogP contribution in [0.25, 0.3) is 0 Å². The van der Waals surface area contributed by atoms with E-state index in [0.29, 0.717) is 0 Å². The maximum atomic E-state index is 3.62. The van der Waals surface area contributed by atoms with Gasteiger partial charge in [-0.1, -0.05) is 30.7 Å². The van der Waals surface area contributed by atoms with E-state index < -0.39 is 0 Å². The minimum Gasteiger partial charge on any atom is -0.317 e. The molecule has 0 radical (unpaired) electrons. The smallest absolute Gasteiger partial charge is 0.00727 e. The van der Waals surface area contributed by atoms with Crippen molar-refractivity contribution in [3.8, 4) is 0 Å². The van der Waals surface area contributed by atoms with Crippen molar-refractivity contribution in [3.63, 3.8) is 0 Å². The minimum absolute atomic E-state index is 0.734. The third-order valence-corrected chi connectivity index (χ3v) is 6.41. The van der Waals surface area contributed by atoms with Crippen LogP contribution in [0.15, 0.2) is 24.3 Å². The van der Waals surface area contributed by atoms with Crippen molar-refractivity contribution in [2.75, 3.05) is 7.05 Å². The van der Waals surface area contributed by atoms with Crippen molar-refractivity contribution in [3.05, 3.63) is 35.4 Å². The third-order valence-electron chi connectivity index (χ3n) is 6.41. The molecule has 4 rings (SSSR count). The molecular weight excluding hydrogens is 242 g/mol. The lowest BCUT2D eigenvalue weighted by Crippen LogP contribution is -2.33. The van der Waals surface area contributed by atoms with E-state index in [1.54, 1.807) is 17.5 Å². The highest BCUT2D eigenvalue weighted by Crippen LogP contribution is 2.50. The molecule has 2 saturated carbocycles. The summed E-state index contributed by atoms with van der Waals surface area (Å²) in [4.78, 5) is 0. The molecule has 0 saturated heterocycles. The monoisotopic (exact) mass is 269 g/mol. The fourth-order valence-corrected chi connectivity index (χ4v) is 5.28. The molecule has 108 valence electrons. The first kappa shape index (κ1) is 12.9. The van der Waals surface area contributed by atoms with Crippen molar-refractivity contribution in [2.45, 2.75) is 56.9 Å². The van der Waals surface area contributed by atoms with Crippen molar-refractivity contribution >= 4 is 0 Å². The van der Waals surface area contributed by atoms with Gasteiger partial charge in [-0.2, -0.15) is 0 Å². The standard InChI is InChI=1S/C19H27N/c1-20-18(11-16-9-13-6-7-14(16)8-13)12-17-10-15-4-2-3-5-19(15)17/h2-5,13-14,16-18,20H,6-12H2,1H3. The molecule has 20 heavy (non-hydrogen) atoms. The van der Waals surface area contributed by atoms with E-state index in [0.717, 1.165) is 29.7 Å². The molecule has 3 aliphatic carbocycles. The van der Waals surface area contributed by atoms with Crippen LogP contribution >= 0.6 is 0 Å². The molecular formula is C19H27N. The van der Waals surface area contributed by atoms with Gasteiger partial charge in [0.05, 0.1) is 0 Å². The van der Waals surface area contributed by atoms with Crippen LogP contribution in [0.1, 0.15) is 55.6 Å². The molecule has 2 bridgehead atoms. The number of hydrogen-bond donors (Lipinski definition) is 1. The molecule has 0 aromatic heterocycles. The fraction of sp³-hybridized carbons (Fsp3) is 0.684. The van der Waals surface area contributed by atoms with Gasteiger partial charge in [-0.3, -0.25) is 0 Å². The lowest BCUT2D eigenvalue weighted by Gasteiger charge is -2.34. The second-order valence-electron chi connectivity index (χ2n) is 7.49. The highest BCUT2D eigenvalue weighted by atomic mass is 14.9. The van der Waals surface area contributed by atoms with Crippen LogP contribution in [0.2, 0.25) is 0 Å². The van der Waals surface area contributed by atoms with Gasteiger partial charge in [-0.15, -0.1) is 0 Å². The predicted octanol–water partition coefficient (Wildman–Crippen LogP) is 4.13. The van der Waals surface area contributed by atoms with Crippen molar-refractivity contribution < 1.29 is 0 Å². The first-order valence-corrected chi connectivity index (χ1v) is 8.58. The van der Waals surface area contributed by atoms with Gasteiger partial charge < -0.3 is 5.32 Å². The predicted molar refractivity (Wildman–Crippen MR) is 83.9 cm³/mol. The number of benzene rings is 1. The fourth-order valence-electron chi connectivity index (χ4n) is 5.28. The van der Waals surface area contributed by atoms with Gasteiger partial charge in [0.15, 0.2) is 0 Å². The molecule has 0 aliphatic heterocycles. The molecule has 1 N–H and O–H groups in total. The summed E-state index contributed by atoms with van der Waals surface area (Å²) < 4.78 is 0. The van der Waals surface area contributed by atoms with Gasteiger partial charge >= 0.3 is 0 Å². The van der Waals surface area contributed by atoms with E-state index in [1.807, 2.05) is 0 Å². The largest absolute Gasteiger partial charge is 0.317 e. The lowest BCUT2D eigenvalue weighted by atomic mass is 9.73. The number of nitrogens with one attached hydrogen (secondary N) is 1. The Hall–Kier alpha value is -0.820. The number of hydrogen-bond acceptors (Lipinski definition) is 1. The highest BCUT2D eigenvalue weighted by molar-refractivity contribution is 5.39. The molecule has 1 nitrogen and oxygen atoms in total. The molecule has 1 aromatic carbocycles. The van der Waals surface area contributed by atoms with E-state index in [2.05, 4.69) is 36.6 Å². The van der Waals surface area contributed by atoms with Crippen LogP contribution in [-0.2, 0) is 6.42 Å². The molecule has 3 aliphatic rings. The summed E-state index contributed by atoms with van der Waals surface area (Å²) >= 11 is 0. The SMILES string of the molecule is CNC(CC1Cc2ccccc21)CC1CC2CCC1C2. The maximum Gasteiger partial charge on any atom is 0.00727 e. The summed E-state index contributed by atoms with van der Waals surface area (Å²) in [6, 6.07) is 9.76. The van der Waals surface area contributed by atoms with Crippen LogP contribution in [0.5, 0.6) is 0 Å². The molecule has 0 spiro atoms. The first-order chi connectivity index (χ1) is 9.83. The highest BCUT2D eigenvalue weighted by Gasteiger charge is 2.40. The van der Waals surface area contributed by atoms with Gasteiger partial charge in [0, 0.05) is 6.04 Å². The summed E-state index contributed by atoms with van der Waals surface area (Å²) in [5, 5.41) is 3.62. The maximum absolute atomic E-state index is 3.62. The minimum atomic E-state index is 0.734. The average molecular weight is 269 g/mol. The van der Waals surface area contributed by atoms with Crippen LogP contribution in [-0.4, -0.2) is 13.1 Å². The lowest BCUT2D eigenvalue weighted by molar-refractivity contribution is 0.268. The number of rotatable bonds is 5. The molecule has 1 heteroatoms. The zero-order chi connectivity index (χ0) is 13.5. The number of fused-ring (bicyclic) bond motifs is 3. The second kappa shape index (κ2) is 5.18. The Morgan fingerprint density at radius 1 is 1.15 bits per heavy atom. The van der Waals surface area contributed by atoms with Crippen LogP contribution in [0.3, 0.4) is 0 Å². The van der Waals surface area contributed by atoms with Gasteiger partial charge in [0.25, 0.3) is 0 Å². The molecule has 2 fully saturated rings. The Morgan fingerprint density at radius 2 is 2.05 bits per heavy atom. The normalized spacial score (nSPS) is 35.6. The first-order valence-electron chi connectivity index (χ1n) is 8.58. The van der Waals surface area contributed by atoms with E-state index in [1.165, 1.54) is 38.5 Å². The Morgan fingerprint density at radius 3 is 2.75 bits per heavy atom. The van der Waals surface area contributed by atoms with Crippen LogP contribution in [0, 0.1) is 17.8 Å². The molecule has 0 amide bonds. The van der Waals surface area contributed by atoms with Gasteiger partial charge in [0.2, 0.25) is 0 Å². The second-order valence-corrected chi connectivity index (χ2v) is 7.49. The van der Waals surface area contributed by atoms with Crippen LogP contribution in [0.4, 0.5) is 0 Å². The van der Waals surface area contributed by atoms with E-state index in [4.69, 9.17) is 0 Å². The molecule has 0 heterocycles. The van der Waals surface area contributed by atoms with Crippen molar-refractivity contribution in [2.24, 2.45) is 17.8 Å².